The molecule has 0 amide bonds. The summed E-state index contributed by atoms with van der Waals surface area (Å²) in [5.41, 5.74) is 2.68. The Morgan fingerprint density at radius 2 is 2.00 bits per heavy atom. The van der Waals surface area contributed by atoms with Crippen LogP contribution in [0.1, 0.15) is 50.8 Å². The van der Waals surface area contributed by atoms with Crippen LogP contribution in [0.2, 0.25) is 4.34 Å². The Bertz CT molecular complexity index is 748. The van der Waals surface area contributed by atoms with Crippen molar-refractivity contribution in [3.05, 3.63) is 43.9 Å². The number of H-pyrrole nitrogens is 1. The summed E-state index contributed by atoms with van der Waals surface area (Å²) in [6, 6.07) is 3.65. The fraction of sp³-hybridized carbons (Fsp3) is 0.412. The number of quaternary nitrogens is 1. The molecule has 2 heterocycles. The number of thiophene rings is 1. The van der Waals surface area contributed by atoms with Crippen molar-refractivity contribution in [3.63, 3.8) is 0 Å². The minimum absolute atomic E-state index is 0.0168. The van der Waals surface area contributed by atoms with Gasteiger partial charge < -0.3 is 9.88 Å². The third-order valence-electron chi connectivity index (χ3n) is 4.25. The molecule has 1 unspecified atom stereocenters. The lowest BCUT2D eigenvalue weighted by Gasteiger charge is -2.20. The summed E-state index contributed by atoms with van der Waals surface area (Å²) in [5.74, 6) is 0.00938. The lowest BCUT2D eigenvalue weighted by atomic mass is 10.0. The molecular formula is C17H22ClN2O2S+. The molecule has 0 aliphatic carbocycles. The summed E-state index contributed by atoms with van der Waals surface area (Å²) in [5, 5.41) is 0. The standard InChI is InChI=1S/C17H21ClN2O2S/c1-9-15(12(4)21)10(2)19-16(9)17(22)11(3)20(5)8-13-6-7-14(18)23-13/h6-7,11,19H,8H2,1-5H3/p+1/t11-/m0/s1. The molecule has 0 fully saturated rings. The van der Waals surface area contributed by atoms with Gasteiger partial charge >= 0.3 is 0 Å². The maximum Gasteiger partial charge on any atom is 0.235 e. The van der Waals surface area contributed by atoms with E-state index < -0.39 is 0 Å². The van der Waals surface area contributed by atoms with Gasteiger partial charge in [-0.2, -0.15) is 0 Å². The number of halogens is 1. The molecule has 0 radical (unpaired) electrons. The van der Waals surface area contributed by atoms with Crippen molar-refractivity contribution in [1.82, 2.24) is 4.98 Å². The summed E-state index contributed by atoms with van der Waals surface area (Å²) in [6.45, 7) is 7.83. The highest BCUT2D eigenvalue weighted by Crippen LogP contribution is 2.21. The predicted octanol–water partition coefficient (Wildman–Crippen LogP) is 2.84. The van der Waals surface area contributed by atoms with Crippen molar-refractivity contribution in [1.29, 1.82) is 0 Å². The third-order valence-corrected chi connectivity index (χ3v) is 5.48. The molecule has 0 aromatic carbocycles. The first-order valence-corrected chi connectivity index (χ1v) is 8.72. The first-order valence-electron chi connectivity index (χ1n) is 7.53. The van der Waals surface area contributed by atoms with E-state index in [1.165, 1.54) is 18.3 Å². The number of aromatic amines is 1. The van der Waals surface area contributed by atoms with Gasteiger partial charge in [0.15, 0.2) is 11.8 Å². The number of rotatable bonds is 6. The average molecular weight is 354 g/mol. The molecule has 0 spiro atoms. The molecule has 124 valence electrons. The van der Waals surface area contributed by atoms with Crippen LogP contribution in [0.4, 0.5) is 0 Å². The van der Waals surface area contributed by atoms with Crippen molar-refractivity contribution < 1.29 is 14.5 Å². The van der Waals surface area contributed by atoms with Gasteiger partial charge in [-0.1, -0.05) is 11.6 Å². The number of aryl methyl sites for hydroxylation is 1. The maximum absolute atomic E-state index is 12.8. The summed E-state index contributed by atoms with van der Waals surface area (Å²) in [4.78, 5) is 29.9. The van der Waals surface area contributed by atoms with E-state index in [2.05, 4.69) is 4.98 Å². The van der Waals surface area contributed by atoms with E-state index in [-0.39, 0.29) is 17.6 Å². The van der Waals surface area contributed by atoms with Gasteiger partial charge in [0.25, 0.3) is 0 Å². The van der Waals surface area contributed by atoms with Crippen molar-refractivity contribution in [2.75, 3.05) is 7.05 Å². The molecule has 0 saturated heterocycles. The molecule has 2 rings (SSSR count). The number of Topliss-reactive ketones (excluding diaryl/α,β-unsaturated/α-hetero) is 2. The predicted molar refractivity (Wildman–Crippen MR) is 94.0 cm³/mol. The summed E-state index contributed by atoms with van der Waals surface area (Å²) in [6.07, 6.45) is 0. The summed E-state index contributed by atoms with van der Waals surface area (Å²) in [7, 11) is 1.99. The zero-order chi connectivity index (χ0) is 17.3. The van der Waals surface area contributed by atoms with Gasteiger partial charge in [-0.3, -0.25) is 9.59 Å². The molecule has 2 atom stereocenters. The van der Waals surface area contributed by atoms with Crippen LogP contribution >= 0.6 is 22.9 Å². The largest absolute Gasteiger partial charge is 0.355 e. The minimum Gasteiger partial charge on any atom is -0.355 e. The molecule has 2 aromatic rings. The molecule has 0 bridgehead atoms. The summed E-state index contributed by atoms with van der Waals surface area (Å²) >= 11 is 7.49. The fourth-order valence-corrected chi connectivity index (χ4v) is 4.02. The van der Waals surface area contributed by atoms with Gasteiger partial charge in [0, 0.05) is 11.3 Å². The Morgan fingerprint density at radius 1 is 1.35 bits per heavy atom. The van der Waals surface area contributed by atoms with E-state index in [0.717, 1.165) is 31.9 Å². The molecule has 2 N–H and O–H groups in total. The van der Waals surface area contributed by atoms with Gasteiger partial charge in [-0.05, 0) is 45.4 Å². The van der Waals surface area contributed by atoms with Crippen LogP contribution in [0.5, 0.6) is 0 Å². The Balaban J connectivity index is 2.19. The number of hydrogen-bond acceptors (Lipinski definition) is 3. The van der Waals surface area contributed by atoms with E-state index in [9.17, 15) is 9.59 Å². The van der Waals surface area contributed by atoms with Crippen LogP contribution in [0.25, 0.3) is 0 Å². The van der Waals surface area contributed by atoms with Gasteiger partial charge in [-0.15, -0.1) is 11.3 Å². The zero-order valence-corrected chi connectivity index (χ0v) is 15.6. The molecule has 0 aliphatic rings. The van der Waals surface area contributed by atoms with Crippen LogP contribution in [0.15, 0.2) is 12.1 Å². The van der Waals surface area contributed by atoms with Crippen LogP contribution in [0, 0.1) is 13.8 Å². The zero-order valence-electron chi connectivity index (χ0n) is 14.0. The quantitative estimate of drug-likeness (QED) is 0.784. The summed E-state index contributed by atoms with van der Waals surface area (Å²) < 4.78 is 0.758. The molecule has 0 aliphatic heterocycles. The molecule has 4 nitrogen and oxygen atoms in total. The number of carbonyl (C=O) groups is 2. The van der Waals surface area contributed by atoms with E-state index in [1.54, 1.807) is 0 Å². The SMILES string of the molecule is CC(=O)c1c(C)[nH]c(C(=O)[C@H](C)[NH+](C)Cc2ccc(Cl)s2)c1C. The van der Waals surface area contributed by atoms with E-state index >= 15 is 0 Å². The average Bonchev–Trinajstić information content (AvgIpc) is 3.00. The Hall–Kier alpha value is -1.43. The van der Waals surface area contributed by atoms with Crippen LogP contribution in [-0.4, -0.2) is 29.6 Å². The van der Waals surface area contributed by atoms with Gasteiger partial charge in [0.2, 0.25) is 5.78 Å². The van der Waals surface area contributed by atoms with Crippen LogP contribution < -0.4 is 4.90 Å². The number of likely N-dealkylation sites (N-methyl/N-ethyl adjacent to an activating group) is 1. The van der Waals surface area contributed by atoms with E-state index in [4.69, 9.17) is 11.6 Å². The molecule has 23 heavy (non-hydrogen) atoms. The number of nitrogens with one attached hydrogen (secondary N) is 2. The van der Waals surface area contributed by atoms with E-state index in [1.807, 2.05) is 40.0 Å². The monoisotopic (exact) mass is 353 g/mol. The van der Waals surface area contributed by atoms with Crippen molar-refractivity contribution in [3.8, 4) is 0 Å². The van der Waals surface area contributed by atoms with Crippen molar-refractivity contribution >= 4 is 34.5 Å². The number of ketones is 2. The lowest BCUT2D eigenvalue weighted by Crippen LogP contribution is -3.12. The number of hydrogen-bond donors (Lipinski definition) is 2. The Morgan fingerprint density at radius 3 is 2.48 bits per heavy atom. The number of carbonyl (C=O) groups excluding carboxylic acids is 2. The third kappa shape index (κ3) is 3.74. The smallest absolute Gasteiger partial charge is 0.235 e. The highest BCUT2D eigenvalue weighted by Gasteiger charge is 2.28. The Kier molecular flexibility index (Phi) is 5.45. The van der Waals surface area contributed by atoms with Gasteiger partial charge in [0.05, 0.1) is 22.0 Å². The number of aromatic nitrogens is 1. The normalized spacial score (nSPS) is 13.8. The topological polar surface area (TPSA) is 54.4 Å². The van der Waals surface area contributed by atoms with Crippen LogP contribution in [-0.2, 0) is 6.54 Å². The van der Waals surface area contributed by atoms with Gasteiger partial charge in [0.1, 0.15) is 6.54 Å². The van der Waals surface area contributed by atoms with Crippen molar-refractivity contribution in [2.45, 2.75) is 40.3 Å². The first kappa shape index (κ1) is 17.9. The first-order chi connectivity index (χ1) is 10.7. The highest BCUT2D eigenvalue weighted by molar-refractivity contribution is 7.16. The van der Waals surface area contributed by atoms with E-state index in [0.29, 0.717) is 11.3 Å². The second-order valence-electron chi connectivity index (χ2n) is 6.00. The molecule has 0 saturated carbocycles. The molecular weight excluding hydrogens is 332 g/mol. The van der Waals surface area contributed by atoms with Gasteiger partial charge in [-0.25, -0.2) is 0 Å². The van der Waals surface area contributed by atoms with Crippen molar-refractivity contribution in [2.24, 2.45) is 0 Å². The highest BCUT2D eigenvalue weighted by atomic mass is 35.5. The lowest BCUT2D eigenvalue weighted by molar-refractivity contribution is -0.907. The maximum atomic E-state index is 12.8. The fourth-order valence-electron chi connectivity index (χ4n) is 2.84. The second kappa shape index (κ2) is 6.99. The molecule has 2 aromatic heterocycles. The second-order valence-corrected chi connectivity index (χ2v) is 7.80. The van der Waals surface area contributed by atoms with Crippen LogP contribution in [0.3, 0.4) is 0 Å². The minimum atomic E-state index is -0.215. The Labute approximate surface area is 145 Å². The molecule has 6 heteroatoms.